The third kappa shape index (κ3) is 7.31. The van der Waals surface area contributed by atoms with Gasteiger partial charge in [0, 0.05) is 12.8 Å². The normalized spacial score (nSPS) is 9.38. The number of hydrogen-bond donors (Lipinski definition) is 0. The minimum Gasteiger partial charge on any atom is -0.462 e. The van der Waals surface area contributed by atoms with E-state index < -0.39 is 0 Å². The van der Waals surface area contributed by atoms with Crippen molar-refractivity contribution in [3.8, 4) is 0 Å². The van der Waals surface area contributed by atoms with E-state index in [1.54, 1.807) is 6.92 Å². The molecule has 4 heteroatoms. The molecule has 13 heavy (non-hydrogen) atoms. The summed E-state index contributed by atoms with van der Waals surface area (Å²) in [4.78, 5) is 21.4. The summed E-state index contributed by atoms with van der Waals surface area (Å²) in [7, 11) is 0. The molecule has 0 bridgehead atoms. The van der Waals surface area contributed by atoms with Crippen LogP contribution >= 0.6 is 0 Å². The summed E-state index contributed by atoms with van der Waals surface area (Å²) < 4.78 is 9.28. The Kier molecular flexibility index (Phi) is 6.96. The minimum atomic E-state index is -0.303. The molecule has 0 rings (SSSR count). The van der Waals surface area contributed by atoms with E-state index in [9.17, 15) is 9.59 Å². The van der Waals surface area contributed by atoms with Gasteiger partial charge in [-0.3, -0.25) is 9.59 Å². The van der Waals surface area contributed by atoms with Crippen LogP contribution in [0.1, 0.15) is 33.1 Å². The Hall–Kier alpha value is -1.06. The first-order valence-electron chi connectivity index (χ1n) is 4.37. The SMILES string of the molecule is CCCC(=O)O[CH]COC(=O)CC. The molecule has 0 spiro atoms. The number of hydrogen-bond acceptors (Lipinski definition) is 4. The fourth-order valence-electron chi connectivity index (χ4n) is 0.619. The summed E-state index contributed by atoms with van der Waals surface area (Å²) in [5.41, 5.74) is 0. The Balaban J connectivity index is 3.25. The Morgan fingerprint density at radius 1 is 1.23 bits per heavy atom. The van der Waals surface area contributed by atoms with Crippen molar-refractivity contribution >= 4 is 11.9 Å². The Labute approximate surface area is 78.2 Å². The van der Waals surface area contributed by atoms with Crippen LogP contribution < -0.4 is 0 Å². The van der Waals surface area contributed by atoms with Crippen LogP contribution in [-0.2, 0) is 19.1 Å². The van der Waals surface area contributed by atoms with E-state index in [-0.39, 0.29) is 18.5 Å². The lowest BCUT2D eigenvalue weighted by molar-refractivity contribution is -0.148. The molecule has 0 saturated carbocycles. The molecule has 0 saturated heterocycles. The number of esters is 2. The number of carbonyl (C=O) groups is 2. The molecule has 0 aliphatic carbocycles. The Morgan fingerprint density at radius 3 is 2.46 bits per heavy atom. The van der Waals surface area contributed by atoms with Gasteiger partial charge >= 0.3 is 11.9 Å². The van der Waals surface area contributed by atoms with Crippen molar-refractivity contribution in [2.45, 2.75) is 33.1 Å². The fourth-order valence-corrected chi connectivity index (χ4v) is 0.619. The molecule has 0 heterocycles. The third-order valence-corrected chi connectivity index (χ3v) is 1.27. The van der Waals surface area contributed by atoms with E-state index in [4.69, 9.17) is 0 Å². The van der Waals surface area contributed by atoms with Crippen LogP contribution in [0.15, 0.2) is 0 Å². The monoisotopic (exact) mass is 187 g/mol. The van der Waals surface area contributed by atoms with Crippen LogP contribution in [0.25, 0.3) is 0 Å². The van der Waals surface area contributed by atoms with Crippen molar-refractivity contribution < 1.29 is 19.1 Å². The average Bonchev–Trinajstić information content (AvgIpc) is 2.12. The van der Waals surface area contributed by atoms with Gasteiger partial charge < -0.3 is 9.47 Å². The highest BCUT2D eigenvalue weighted by atomic mass is 16.6. The second kappa shape index (κ2) is 7.58. The highest BCUT2D eigenvalue weighted by Gasteiger charge is 2.02. The van der Waals surface area contributed by atoms with Crippen LogP contribution in [-0.4, -0.2) is 18.5 Å². The molecular formula is C9H15O4. The Morgan fingerprint density at radius 2 is 1.92 bits per heavy atom. The number of carbonyl (C=O) groups excluding carboxylic acids is 2. The van der Waals surface area contributed by atoms with Crippen LogP contribution in [0.5, 0.6) is 0 Å². The molecule has 0 aliphatic heterocycles. The van der Waals surface area contributed by atoms with Gasteiger partial charge in [0.2, 0.25) is 0 Å². The van der Waals surface area contributed by atoms with Gasteiger partial charge in [0.25, 0.3) is 0 Å². The predicted molar refractivity (Wildman–Crippen MR) is 46.6 cm³/mol. The molecule has 75 valence electrons. The predicted octanol–water partition coefficient (Wildman–Crippen LogP) is 1.44. The average molecular weight is 187 g/mol. The molecule has 1 radical (unpaired) electrons. The van der Waals surface area contributed by atoms with Gasteiger partial charge in [0.15, 0.2) is 6.61 Å². The van der Waals surface area contributed by atoms with Crippen molar-refractivity contribution in [2.75, 3.05) is 6.61 Å². The van der Waals surface area contributed by atoms with Crippen LogP contribution in [0.3, 0.4) is 0 Å². The van der Waals surface area contributed by atoms with Crippen molar-refractivity contribution in [2.24, 2.45) is 0 Å². The smallest absolute Gasteiger partial charge is 0.306 e. The summed E-state index contributed by atoms with van der Waals surface area (Å²) in [6.07, 6.45) is 1.47. The van der Waals surface area contributed by atoms with Crippen LogP contribution in [0.2, 0.25) is 0 Å². The molecule has 0 atom stereocenters. The molecule has 0 aromatic heterocycles. The molecule has 0 fully saturated rings. The van der Waals surface area contributed by atoms with Gasteiger partial charge in [0.05, 0.1) is 0 Å². The zero-order valence-electron chi connectivity index (χ0n) is 8.04. The Bertz CT molecular complexity index is 165. The maximum absolute atomic E-state index is 10.8. The van der Waals surface area contributed by atoms with E-state index in [0.717, 1.165) is 6.42 Å². The van der Waals surface area contributed by atoms with Gasteiger partial charge in [-0.1, -0.05) is 13.8 Å². The molecular weight excluding hydrogens is 172 g/mol. The topological polar surface area (TPSA) is 52.6 Å². The second-order valence-corrected chi connectivity index (χ2v) is 2.44. The van der Waals surface area contributed by atoms with Crippen LogP contribution in [0.4, 0.5) is 0 Å². The first-order chi connectivity index (χ1) is 6.20. The first-order valence-corrected chi connectivity index (χ1v) is 4.37. The van der Waals surface area contributed by atoms with Gasteiger partial charge in [-0.25, -0.2) is 0 Å². The summed E-state index contributed by atoms with van der Waals surface area (Å²) in [6.45, 7) is 4.82. The summed E-state index contributed by atoms with van der Waals surface area (Å²) in [5, 5.41) is 0. The molecule has 0 aromatic carbocycles. The largest absolute Gasteiger partial charge is 0.462 e. The second-order valence-electron chi connectivity index (χ2n) is 2.44. The van der Waals surface area contributed by atoms with Crippen molar-refractivity contribution in [3.63, 3.8) is 0 Å². The lowest BCUT2D eigenvalue weighted by Crippen LogP contribution is -2.08. The van der Waals surface area contributed by atoms with Crippen LogP contribution in [0, 0.1) is 6.61 Å². The standard InChI is InChI=1S/C9H15O4/c1-3-5-9(11)13-7-6-12-8(10)4-2/h7H,3-6H2,1-2H3. The van der Waals surface area contributed by atoms with E-state index in [1.165, 1.54) is 6.61 Å². The van der Waals surface area contributed by atoms with E-state index >= 15 is 0 Å². The van der Waals surface area contributed by atoms with Crippen molar-refractivity contribution in [3.05, 3.63) is 6.61 Å². The number of ether oxygens (including phenoxy) is 2. The molecule has 0 N–H and O–H groups in total. The molecule has 4 nitrogen and oxygen atoms in total. The van der Waals surface area contributed by atoms with E-state index in [1.807, 2.05) is 6.92 Å². The molecule has 0 aliphatic rings. The lowest BCUT2D eigenvalue weighted by Gasteiger charge is -2.03. The minimum absolute atomic E-state index is 0.0299. The van der Waals surface area contributed by atoms with Gasteiger partial charge in [0.1, 0.15) is 6.61 Å². The summed E-state index contributed by atoms with van der Waals surface area (Å²) in [6, 6.07) is 0. The molecule has 0 unspecified atom stereocenters. The zero-order valence-corrected chi connectivity index (χ0v) is 8.04. The quantitative estimate of drug-likeness (QED) is 0.466. The van der Waals surface area contributed by atoms with Gasteiger partial charge in [-0.15, -0.1) is 0 Å². The molecule has 0 aromatic rings. The lowest BCUT2D eigenvalue weighted by atomic mass is 10.3. The van der Waals surface area contributed by atoms with E-state index in [2.05, 4.69) is 9.47 Å². The van der Waals surface area contributed by atoms with Gasteiger partial charge in [-0.2, -0.15) is 0 Å². The maximum atomic E-state index is 10.8. The maximum Gasteiger partial charge on any atom is 0.306 e. The summed E-state index contributed by atoms with van der Waals surface area (Å²) >= 11 is 0. The molecule has 0 amide bonds. The third-order valence-electron chi connectivity index (χ3n) is 1.27. The number of rotatable bonds is 6. The fraction of sp³-hybridized carbons (Fsp3) is 0.667. The van der Waals surface area contributed by atoms with E-state index in [0.29, 0.717) is 12.8 Å². The van der Waals surface area contributed by atoms with Gasteiger partial charge in [-0.05, 0) is 6.42 Å². The van der Waals surface area contributed by atoms with Crippen molar-refractivity contribution in [1.29, 1.82) is 0 Å². The van der Waals surface area contributed by atoms with Crippen molar-refractivity contribution in [1.82, 2.24) is 0 Å². The zero-order chi connectivity index (χ0) is 10.1. The first kappa shape index (κ1) is 11.9. The highest BCUT2D eigenvalue weighted by molar-refractivity contribution is 5.70. The highest BCUT2D eigenvalue weighted by Crippen LogP contribution is 1.94. The summed E-state index contributed by atoms with van der Waals surface area (Å²) in [5.74, 6) is -0.599.